The first kappa shape index (κ1) is 16.9. The Labute approximate surface area is 144 Å². The van der Waals surface area contributed by atoms with Gasteiger partial charge in [0, 0.05) is 24.4 Å². The summed E-state index contributed by atoms with van der Waals surface area (Å²) < 4.78 is 33.8. The van der Waals surface area contributed by atoms with Crippen molar-refractivity contribution in [1.29, 1.82) is 0 Å². The second kappa shape index (κ2) is 6.17. The van der Waals surface area contributed by atoms with Crippen LogP contribution in [0.1, 0.15) is 11.5 Å². The molecule has 0 saturated heterocycles. The zero-order valence-electron chi connectivity index (χ0n) is 13.8. The van der Waals surface area contributed by atoms with Gasteiger partial charge < -0.3 is 4.52 Å². The van der Waals surface area contributed by atoms with Crippen LogP contribution >= 0.6 is 0 Å². The van der Waals surface area contributed by atoms with Crippen LogP contribution in [0.3, 0.4) is 0 Å². The van der Waals surface area contributed by atoms with Crippen LogP contribution in [0.25, 0.3) is 11.3 Å². The van der Waals surface area contributed by atoms with Crippen molar-refractivity contribution in [2.45, 2.75) is 18.7 Å². The van der Waals surface area contributed by atoms with Crippen molar-refractivity contribution in [2.24, 2.45) is 7.05 Å². The highest BCUT2D eigenvalue weighted by Gasteiger charge is 2.24. The van der Waals surface area contributed by atoms with Crippen molar-refractivity contribution >= 4 is 15.7 Å². The average Bonchev–Trinajstić information content (AvgIpc) is 2.89. The van der Waals surface area contributed by atoms with Gasteiger partial charge in [-0.2, -0.15) is 5.10 Å². The van der Waals surface area contributed by atoms with Gasteiger partial charge in [-0.1, -0.05) is 17.3 Å². The van der Waals surface area contributed by atoms with Crippen molar-refractivity contribution in [3.63, 3.8) is 0 Å². The van der Waals surface area contributed by atoms with Gasteiger partial charge in [-0.15, -0.1) is 0 Å². The largest absolute Gasteiger partial charge is 0.360 e. The van der Waals surface area contributed by atoms with Crippen LogP contribution in [-0.2, 0) is 17.1 Å². The molecule has 0 fully saturated rings. The molecule has 0 spiro atoms. The maximum atomic E-state index is 12.6. The van der Waals surface area contributed by atoms with Gasteiger partial charge in [0.1, 0.15) is 5.69 Å². The zero-order valence-corrected chi connectivity index (χ0v) is 14.7. The molecule has 0 aliphatic carbocycles. The van der Waals surface area contributed by atoms with E-state index in [1.165, 1.54) is 10.7 Å². The molecule has 3 rings (SSSR count). The molecule has 0 amide bonds. The molecule has 0 aliphatic rings. The number of sulfonamides is 1. The molecule has 0 saturated carbocycles. The van der Waals surface area contributed by atoms with Gasteiger partial charge in [0.25, 0.3) is 15.6 Å². The molecule has 0 aliphatic heterocycles. The normalized spacial score (nSPS) is 11.5. The van der Waals surface area contributed by atoms with Crippen LogP contribution in [0.2, 0.25) is 0 Å². The molecule has 0 bridgehead atoms. The lowest BCUT2D eigenvalue weighted by Gasteiger charge is -2.09. The lowest BCUT2D eigenvalue weighted by Crippen LogP contribution is -2.18. The van der Waals surface area contributed by atoms with E-state index in [1.54, 1.807) is 51.2 Å². The monoisotopic (exact) mass is 360 g/mol. The van der Waals surface area contributed by atoms with Gasteiger partial charge in [-0.05, 0) is 32.0 Å². The second-order valence-electron chi connectivity index (χ2n) is 5.52. The Balaban J connectivity index is 1.97. The second-order valence-corrected chi connectivity index (χ2v) is 7.14. The standard InChI is InChI=1S/C16H16N4O4S/c1-10-16(11(2)24-18-10)25(22,23)19-13-6-4-5-12(9-13)14-7-8-15(21)20(3)17-14/h4-9,19H,1-3H3. The average molecular weight is 360 g/mol. The summed E-state index contributed by atoms with van der Waals surface area (Å²) in [6.45, 7) is 3.11. The van der Waals surface area contributed by atoms with Crippen LogP contribution in [0, 0.1) is 13.8 Å². The quantitative estimate of drug-likeness (QED) is 0.761. The number of nitrogens with one attached hydrogen (secondary N) is 1. The fourth-order valence-electron chi connectivity index (χ4n) is 2.46. The highest BCUT2D eigenvalue weighted by atomic mass is 32.2. The Morgan fingerprint density at radius 3 is 2.56 bits per heavy atom. The van der Waals surface area contributed by atoms with Crippen molar-refractivity contribution in [3.05, 3.63) is 58.2 Å². The number of benzene rings is 1. The van der Waals surface area contributed by atoms with Crippen LogP contribution in [0.4, 0.5) is 5.69 Å². The van der Waals surface area contributed by atoms with Crippen molar-refractivity contribution in [1.82, 2.24) is 14.9 Å². The summed E-state index contributed by atoms with van der Waals surface area (Å²) in [4.78, 5) is 11.5. The van der Waals surface area contributed by atoms with E-state index in [1.807, 2.05) is 0 Å². The summed E-state index contributed by atoms with van der Waals surface area (Å²) >= 11 is 0. The van der Waals surface area contributed by atoms with Gasteiger partial charge in [0.15, 0.2) is 10.7 Å². The van der Waals surface area contributed by atoms with E-state index in [0.29, 0.717) is 22.6 Å². The van der Waals surface area contributed by atoms with E-state index in [9.17, 15) is 13.2 Å². The third kappa shape index (κ3) is 3.31. The minimum atomic E-state index is -3.83. The first-order valence-electron chi connectivity index (χ1n) is 7.38. The van der Waals surface area contributed by atoms with E-state index in [2.05, 4.69) is 15.0 Å². The molecule has 9 heteroatoms. The lowest BCUT2D eigenvalue weighted by molar-refractivity contribution is 0.390. The maximum Gasteiger partial charge on any atom is 0.267 e. The number of nitrogens with zero attached hydrogens (tertiary/aromatic N) is 3. The van der Waals surface area contributed by atoms with E-state index >= 15 is 0 Å². The molecule has 3 aromatic rings. The summed E-state index contributed by atoms with van der Waals surface area (Å²) in [6, 6.07) is 9.74. The van der Waals surface area contributed by atoms with Gasteiger partial charge in [0.2, 0.25) is 0 Å². The Bertz CT molecular complexity index is 1080. The Morgan fingerprint density at radius 1 is 1.16 bits per heavy atom. The Hall–Kier alpha value is -2.94. The van der Waals surface area contributed by atoms with E-state index < -0.39 is 10.0 Å². The molecule has 2 heterocycles. The molecular weight excluding hydrogens is 344 g/mol. The van der Waals surface area contributed by atoms with Crippen molar-refractivity contribution in [2.75, 3.05) is 4.72 Å². The molecule has 0 radical (unpaired) electrons. The minimum absolute atomic E-state index is 0.0261. The van der Waals surface area contributed by atoms with Crippen LogP contribution in [-0.4, -0.2) is 23.4 Å². The number of rotatable bonds is 4. The molecule has 0 unspecified atom stereocenters. The molecular formula is C16H16N4O4S. The molecule has 1 aromatic carbocycles. The van der Waals surface area contributed by atoms with E-state index in [4.69, 9.17) is 4.52 Å². The Kier molecular flexibility index (Phi) is 4.17. The number of hydrogen-bond donors (Lipinski definition) is 1. The summed E-state index contributed by atoms with van der Waals surface area (Å²) in [7, 11) is -2.28. The van der Waals surface area contributed by atoms with Crippen LogP contribution < -0.4 is 10.3 Å². The fourth-order valence-corrected chi connectivity index (χ4v) is 3.84. The predicted octanol–water partition coefficient (Wildman–Crippen LogP) is 1.85. The smallest absolute Gasteiger partial charge is 0.267 e. The molecule has 130 valence electrons. The lowest BCUT2D eigenvalue weighted by atomic mass is 10.1. The number of hydrogen-bond acceptors (Lipinski definition) is 6. The van der Waals surface area contributed by atoms with Crippen molar-refractivity contribution < 1.29 is 12.9 Å². The number of aryl methyl sites for hydroxylation is 3. The molecule has 0 atom stereocenters. The summed E-state index contributed by atoms with van der Waals surface area (Å²) in [6.07, 6.45) is 0. The predicted molar refractivity (Wildman–Crippen MR) is 91.7 cm³/mol. The highest BCUT2D eigenvalue weighted by molar-refractivity contribution is 7.92. The van der Waals surface area contributed by atoms with Crippen molar-refractivity contribution in [3.8, 4) is 11.3 Å². The van der Waals surface area contributed by atoms with Gasteiger partial charge >= 0.3 is 0 Å². The molecule has 2 aromatic heterocycles. The van der Waals surface area contributed by atoms with Gasteiger partial charge in [-0.25, -0.2) is 13.1 Å². The fraction of sp³-hybridized carbons (Fsp3) is 0.188. The van der Waals surface area contributed by atoms with Crippen LogP contribution in [0.5, 0.6) is 0 Å². The molecule has 8 nitrogen and oxygen atoms in total. The van der Waals surface area contributed by atoms with Crippen LogP contribution in [0.15, 0.2) is 50.6 Å². The van der Waals surface area contributed by atoms with Gasteiger partial charge in [-0.3, -0.25) is 9.52 Å². The van der Waals surface area contributed by atoms with E-state index in [-0.39, 0.29) is 16.2 Å². The Morgan fingerprint density at radius 2 is 1.92 bits per heavy atom. The number of anilines is 1. The summed E-state index contributed by atoms with van der Waals surface area (Å²) in [5.41, 5.74) is 1.67. The number of aromatic nitrogens is 3. The highest BCUT2D eigenvalue weighted by Crippen LogP contribution is 2.25. The maximum absolute atomic E-state index is 12.6. The summed E-state index contributed by atoms with van der Waals surface area (Å²) in [5.74, 6) is 0.223. The topological polar surface area (TPSA) is 107 Å². The summed E-state index contributed by atoms with van der Waals surface area (Å²) in [5, 5.41) is 7.83. The third-order valence-electron chi connectivity index (χ3n) is 3.61. The third-order valence-corrected chi connectivity index (χ3v) is 5.23. The first-order valence-corrected chi connectivity index (χ1v) is 8.87. The minimum Gasteiger partial charge on any atom is -0.360 e. The molecule has 1 N–H and O–H groups in total. The van der Waals surface area contributed by atoms with Gasteiger partial charge in [0.05, 0.1) is 5.69 Å². The zero-order chi connectivity index (χ0) is 18.2. The van der Waals surface area contributed by atoms with E-state index in [0.717, 1.165) is 0 Å². The molecule has 25 heavy (non-hydrogen) atoms. The SMILES string of the molecule is Cc1noc(C)c1S(=O)(=O)Nc1cccc(-c2ccc(=O)n(C)n2)c1. The first-order chi connectivity index (χ1) is 11.8.